The van der Waals surface area contributed by atoms with E-state index in [-0.39, 0.29) is 9.92 Å². The zero-order chi connectivity index (χ0) is 13.9. The molecule has 1 aromatic heterocycles. The molecule has 1 heterocycles. The molecule has 0 radical (unpaired) electrons. The first-order valence-electron chi connectivity index (χ1n) is 5.55. The van der Waals surface area contributed by atoms with Gasteiger partial charge in [0, 0.05) is 6.54 Å². The zero-order valence-corrected chi connectivity index (χ0v) is 12.4. The van der Waals surface area contributed by atoms with E-state index in [1.165, 1.54) is 18.2 Å². The standard InChI is InChI=1S/C12H13ClN2O2S2/c13-11-7-10(1-2-12(11)14)19(16,17)15-5-3-9-4-6-18-8-9/h1-2,4,6-8,15H,3,5,14H2. The van der Waals surface area contributed by atoms with E-state index in [0.717, 1.165) is 5.56 Å². The first-order chi connectivity index (χ1) is 8.99. The summed E-state index contributed by atoms with van der Waals surface area (Å²) in [6.45, 7) is 0.348. The first-order valence-corrected chi connectivity index (χ1v) is 8.35. The SMILES string of the molecule is Nc1ccc(S(=O)(=O)NCCc2ccsc2)cc1Cl. The predicted molar refractivity (Wildman–Crippen MR) is 79.1 cm³/mol. The fourth-order valence-corrected chi connectivity index (χ4v) is 3.53. The van der Waals surface area contributed by atoms with Crippen LogP contribution in [0.3, 0.4) is 0 Å². The molecule has 0 saturated carbocycles. The van der Waals surface area contributed by atoms with Gasteiger partial charge < -0.3 is 5.73 Å². The van der Waals surface area contributed by atoms with Crippen molar-refractivity contribution in [1.29, 1.82) is 0 Å². The van der Waals surface area contributed by atoms with Crippen LogP contribution in [0.25, 0.3) is 0 Å². The highest BCUT2D eigenvalue weighted by Gasteiger charge is 2.14. The second-order valence-electron chi connectivity index (χ2n) is 3.96. The van der Waals surface area contributed by atoms with Crippen LogP contribution in [0.2, 0.25) is 5.02 Å². The van der Waals surface area contributed by atoms with Crippen molar-refractivity contribution in [1.82, 2.24) is 4.72 Å². The molecule has 0 atom stereocenters. The van der Waals surface area contributed by atoms with Crippen LogP contribution < -0.4 is 10.5 Å². The molecule has 0 bridgehead atoms. The molecule has 0 spiro atoms. The van der Waals surface area contributed by atoms with E-state index in [0.29, 0.717) is 18.7 Å². The van der Waals surface area contributed by atoms with Crippen molar-refractivity contribution in [3.8, 4) is 0 Å². The van der Waals surface area contributed by atoms with Crippen molar-refractivity contribution in [3.63, 3.8) is 0 Å². The molecule has 102 valence electrons. The van der Waals surface area contributed by atoms with Gasteiger partial charge in [0.1, 0.15) is 0 Å². The van der Waals surface area contributed by atoms with Gasteiger partial charge >= 0.3 is 0 Å². The van der Waals surface area contributed by atoms with E-state index in [1.807, 2.05) is 16.8 Å². The Hall–Kier alpha value is -1.08. The summed E-state index contributed by atoms with van der Waals surface area (Å²) in [4.78, 5) is 0.122. The van der Waals surface area contributed by atoms with E-state index >= 15 is 0 Å². The number of nitrogens with two attached hydrogens (primary N) is 1. The second-order valence-corrected chi connectivity index (χ2v) is 6.92. The molecule has 0 aliphatic carbocycles. The number of rotatable bonds is 5. The third-order valence-electron chi connectivity index (χ3n) is 2.57. The summed E-state index contributed by atoms with van der Waals surface area (Å²) < 4.78 is 26.6. The molecule has 7 heteroatoms. The van der Waals surface area contributed by atoms with Gasteiger partial charge in [-0.1, -0.05) is 11.6 Å². The molecule has 0 amide bonds. The number of hydrogen-bond acceptors (Lipinski definition) is 4. The Balaban J connectivity index is 2.03. The fraction of sp³-hybridized carbons (Fsp3) is 0.167. The van der Waals surface area contributed by atoms with Crippen LogP contribution in [0, 0.1) is 0 Å². The molecular weight excluding hydrogens is 304 g/mol. The van der Waals surface area contributed by atoms with Gasteiger partial charge in [0.25, 0.3) is 0 Å². The summed E-state index contributed by atoms with van der Waals surface area (Å²) in [7, 11) is -3.54. The van der Waals surface area contributed by atoms with Crippen LogP contribution in [-0.4, -0.2) is 15.0 Å². The largest absolute Gasteiger partial charge is 0.398 e. The third-order valence-corrected chi connectivity index (χ3v) is 5.09. The first kappa shape index (κ1) is 14.3. The molecule has 3 N–H and O–H groups in total. The molecule has 2 rings (SSSR count). The Morgan fingerprint density at radius 3 is 2.74 bits per heavy atom. The Kier molecular flexibility index (Phi) is 4.46. The number of hydrogen-bond donors (Lipinski definition) is 2. The minimum absolute atomic E-state index is 0.122. The lowest BCUT2D eigenvalue weighted by Gasteiger charge is -2.07. The van der Waals surface area contributed by atoms with Crippen LogP contribution in [0.15, 0.2) is 39.9 Å². The number of halogens is 1. The molecule has 19 heavy (non-hydrogen) atoms. The lowest BCUT2D eigenvalue weighted by atomic mass is 10.2. The average molecular weight is 317 g/mol. The summed E-state index contributed by atoms with van der Waals surface area (Å²) in [6.07, 6.45) is 0.658. The lowest BCUT2D eigenvalue weighted by Crippen LogP contribution is -2.25. The molecule has 2 aromatic rings. The maximum absolute atomic E-state index is 12.0. The summed E-state index contributed by atoms with van der Waals surface area (Å²) >= 11 is 7.41. The van der Waals surface area contributed by atoms with Crippen LogP contribution in [0.5, 0.6) is 0 Å². The summed E-state index contributed by atoms with van der Waals surface area (Å²) in [6, 6.07) is 6.24. The second kappa shape index (κ2) is 5.92. The Bertz CT molecular complexity index is 654. The smallest absolute Gasteiger partial charge is 0.240 e. The monoisotopic (exact) mass is 316 g/mol. The maximum Gasteiger partial charge on any atom is 0.240 e. The molecule has 0 fully saturated rings. The zero-order valence-electron chi connectivity index (χ0n) is 9.97. The number of anilines is 1. The van der Waals surface area contributed by atoms with Gasteiger partial charge in [0.15, 0.2) is 0 Å². The van der Waals surface area contributed by atoms with Gasteiger partial charge in [0.05, 0.1) is 15.6 Å². The average Bonchev–Trinajstić information content (AvgIpc) is 2.85. The Morgan fingerprint density at radius 2 is 2.11 bits per heavy atom. The Labute approximate surface area is 121 Å². The molecule has 0 aliphatic heterocycles. The summed E-state index contributed by atoms with van der Waals surface area (Å²) in [5.41, 5.74) is 7.02. The molecule has 0 saturated heterocycles. The number of thiophene rings is 1. The normalized spacial score (nSPS) is 11.6. The third kappa shape index (κ3) is 3.70. The van der Waals surface area contributed by atoms with E-state index < -0.39 is 10.0 Å². The molecule has 1 aromatic carbocycles. The number of nitrogens with one attached hydrogen (secondary N) is 1. The molecule has 0 unspecified atom stereocenters. The van der Waals surface area contributed by atoms with Crippen molar-refractivity contribution in [2.24, 2.45) is 0 Å². The van der Waals surface area contributed by atoms with Crippen molar-refractivity contribution in [3.05, 3.63) is 45.6 Å². The topological polar surface area (TPSA) is 72.2 Å². The van der Waals surface area contributed by atoms with Crippen molar-refractivity contribution < 1.29 is 8.42 Å². The van der Waals surface area contributed by atoms with Crippen LogP contribution in [0.1, 0.15) is 5.56 Å². The van der Waals surface area contributed by atoms with E-state index in [2.05, 4.69) is 4.72 Å². The van der Waals surface area contributed by atoms with Crippen molar-refractivity contribution >= 4 is 38.6 Å². The van der Waals surface area contributed by atoms with Crippen LogP contribution >= 0.6 is 22.9 Å². The van der Waals surface area contributed by atoms with E-state index in [1.54, 1.807) is 11.3 Å². The van der Waals surface area contributed by atoms with E-state index in [4.69, 9.17) is 17.3 Å². The highest BCUT2D eigenvalue weighted by molar-refractivity contribution is 7.89. The minimum atomic E-state index is -3.54. The van der Waals surface area contributed by atoms with Gasteiger partial charge in [-0.3, -0.25) is 0 Å². The molecular formula is C12H13ClN2O2S2. The molecule has 4 nitrogen and oxygen atoms in total. The van der Waals surface area contributed by atoms with Crippen molar-refractivity contribution in [2.75, 3.05) is 12.3 Å². The maximum atomic E-state index is 12.0. The number of benzene rings is 1. The number of nitrogen functional groups attached to an aromatic ring is 1. The van der Waals surface area contributed by atoms with Crippen LogP contribution in [0.4, 0.5) is 5.69 Å². The predicted octanol–water partition coefficient (Wildman–Crippen LogP) is 2.50. The molecule has 0 aliphatic rings. The summed E-state index contributed by atoms with van der Waals surface area (Å²) in [5.74, 6) is 0. The quantitative estimate of drug-likeness (QED) is 0.832. The minimum Gasteiger partial charge on any atom is -0.398 e. The summed E-state index contributed by atoms with van der Waals surface area (Å²) in [5, 5.41) is 4.19. The lowest BCUT2D eigenvalue weighted by molar-refractivity contribution is 0.581. The van der Waals surface area contributed by atoms with Crippen molar-refractivity contribution in [2.45, 2.75) is 11.3 Å². The fourth-order valence-electron chi connectivity index (χ4n) is 1.52. The van der Waals surface area contributed by atoms with Crippen LogP contribution in [-0.2, 0) is 16.4 Å². The Morgan fingerprint density at radius 1 is 1.32 bits per heavy atom. The number of sulfonamides is 1. The highest BCUT2D eigenvalue weighted by atomic mass is 35.5. The van der Waals surface area contributed by atoms with Gasteiger partial charge in [-0.2, -0.15) is 11.3 Å². The highest BCUT2D eigenvalue weighted by Crippen LogP contribution is 2.22. The van der Waals surface area contributed by atoms with Gasteiger partial charge in [-0.25, -0.2) is 13.1 Å². The van der Waals surface area contributed by atoms with Gasteiger partial charge in [0.2, 0.25) is 10.0 Å². The van der Waals surface area contributed by atoms with E-state index in [9.17, 15) is 8.42 Å². The van der Waals surface area contributed by atoms with Gasteiger partial charge in [-0.15, -0.1) is 0 Å². The van der Waals surface area contributed by atoms with Gasteiger partial charge in [-0.05, 0) is 47.0 Å².